The Morgan fingerprint density at radius 2 is 1.95 bits per heavy atom. The van der Waals surface area contributed by atoms with Crippen LogP contribution in [0.4, 0.5) is 0 Å². The van der Waals surface area contributed by atoms with E-state index in [0.29, 0.717) is 5.69 Å². The van der Waals surface area contributed by atoms with Gasteiger partial charge in [0.15, 0.2) is 0 Å². The highest BCUT2D eigenvalue weighted by Gasteiger charge is 2.15. The molecule has 1 aromatic carbocycles. The first-order valence-corrected chi connectivity index (χ1v) is 6.05. The number of nitrogens with two attached hydrogens (primary N) is 1. The Morgan fingerprint density at radius 1 is 1.26 bits per heavy atom. The lowest BCUT2D eigenvalue weighted by molar-refractivity contribution is 0.266. The summed E-state index contributed by atoms with van der Waals surface area (Å²) in [5.74, 6) is 0. The number of nitrogens with zero attached hydrogens (tertiary/aromatic N) is 2. The smallest absolute Gasteiger partial charge is 0.0891 e. The molecule has 0 unspecified atom stereocenters. The topological polar surface area (TPSA) is 72.0 Å². The van der Waals surface area contributed by atoms with Crippen LogP contribution < -0.4 is 5.73 Å². The number of rotatable bonds is 2. The quantitative estimate of drug-likeness (QED) is 0.886. The normalized spacial score (nSPS) is 13.1. The Morgan fingerprint density at radius 3 is 2.53 bits per heavy atom. The average Bonchev–Trinajstić information content (AvgIpc) is 2.35. The third-order valence-electron chi connectivity index (χ3n) is 3.00. The summed E-state index contributed by atoms with van der Waals surface area (Å²) in [7, 11) is 0. The van der Waals surface area contributed by atoms with Crippen molar-refractivity contribution in [3.05, 3.63) is 35.7 Å². The predicted octanol–water partition coefficient (Wildman–Crippen LogP) is 2.34. The molecule has 19 heavy (non-hydrogen) atoms. The SMILES string of the molecule is CC(C)(C)c1ccc2nc([C@H](N)CO)cnc2c1.Cl. The van der Waals surface area contributed by atoms with Crippen LogP contribution in [0.5, 0.6) is 0 Å². The maximum Gasteiger partial charge on any atom is 0.0891 e. The Labute approximate surface area is 119 Å². The first kappa shape index (κ1) is 15.8. The van der Waals surface area contributed by atoms with Crippen molar-refractivity contribution >= 4 is 23.4 Å². The fraction of sp³-hybridized carbons (Fsp3) is 0.429. The molecule has 1 heterocycles. The number of aliphatic hydroxyl groups excluding tert-OH is 1. The van der Waals surface area contributed by atoms with E-state index in [4.69, 9.17) is 10.8 Å². The molecule has 0 aliphatic carbocycles. The Bertz CT molecular complexity index is 566. The number of aromatic nitrogens is 2. The van der Waals surface area contributed by atoms with Gasteiger partial charge in [0.2, 0.25) is 0 Å². The van der Waals surface area contributed by atoms with Crippen LogP contribution in [0.3, 0.4) is 0 Å². The molecule has 5 heteroatoms. The van der Waals surface area contributed by atoms with E-state index in [-0.39, 0.29) is 24.4 Å². The van der Waals surface area contributed by atoms with Crippen LogP contribution in [-0.4, -0.2) is 21.7 Å². The van der Waals surface area contributed by atoms with Gasteiger partial charge in [0.25, 0.3) is 0 Å². The second-order valence-electron chi connectivity index (χ2n) is 5.54. The molecule has 2 aromatic rings. The highest BCUT2D eigenvalue weighted by molar-refractivity contribution is 5.85. The number of fused-ring (bicyclic) bond motifs is 1. The molecule has 0 fully saturated rings. The van der Waals surface area contributed by atoms with Crippen molar-refractivity contribution in [3.8, 4) is 0 Å². The second-order valence-corrected chi connectivity index (χ2v) is 5.54. The molecule has 0 saturated carbocycles. The summed E-state index contributed by atoms with van der Waals surface area (Å²) in [5, 5.41) is 9.02. The number of halogens is 1. The lowest BCUT2D eigenvalue weighted by atomic mass is 9.87. The maximum absolute atomic E-state index is 9.02. The van der Waals surface area contributed by atoms with Gasteiger partial charge >= 0.3 is 0 Å². The molecule has 0 radical (unpaired) electrons. The maximum atomic E-state index is 9.02. The molecule has 0 amide bonds. The van der Waals surface area contributed by atoms with E-state index in [1.807, 2.05) is 6.07 Å². The van der Waals surface area contributed by atoms with Crippen molar-refractivity contribution in [1.82, 2.24) is 9.97 Å². The summed E-state index contributed by atoms with van der Waals surface area (Å²) in [4.78, 5) is 8.79. The molecule has 1 aromatic heterocycles. The van der Waals surface area contributed by atoms with Gasteiger partial charge in [-0.1, -0.05) is 26.8 Å². The zero-order valence-corrected chi connectivity index (χ0v) is 12.2. The molecule has 0 spiro atoms. The summed E-state index contributed by atoms with van der Waals surface area (Å²) in [6.45, 7) is 6.37. The summed E-state index contributed by atoms with van der Waals surface area (Å²) in [6, 6.07) is 5.60. The van der Waals surface area contributed by atoms with Crippen LogP contribution in [0.2, 0.25) is 0 Å². The van der Waals surface area contributed by atoms with Crippen LogP contribution in [0.1, 0.15) is 38.1 Å². The molecule has 0 bridgehead atoms. The molecular formula is C14H20ClN3O. The highest BCUT2D eigenvalue weighted by atomic mass is 35.5. The van der Waals surface area contributed by atoms with Crippen LogP contribution in [0.15, 0.2) is 24.4 Å². The third kappa shape index (κ3) is 3.41. The Hall–Kier alpha value is -1.23. The summed E-state index contributed by atoms with van der Waals surface area (Å²) < 4.78 is 0. The molecular weight excluding hydrogens is 262 g/mol. The zero-order chi connectivity index (χ0) is 13.3. The molecule has 0 saturated heterocycles. The van der Waals surface area contributed by atoms with Crippen LogP contribution in [-0.2, 0) is 5.41 Å². The number of aliphatic hydroxyl groups is 1. The van der Waals surface area contributed by atoms with Crippen molar-refractivity contribution in [3.63, 3.8) is 0 Å². The van der Waals surface area contributed by atoms with Gasteiger partial charge in [0, 0.05) is 0 Å². The Balaban J connectivity index is 0.00000180. The van der Waals surface area contributed by atoms with Gasteiger partial charge in [-0.25, -0.2) is 4.98 Å². The van der Waals surface area contributed by atoms with Gasteiger partial charge < -0.3 is 10.8 Å². The zero-order valence-electron chi connectivity index (χ0n) is 11.4. The molecule has 2 rings (SSSR count). The van der Waals surface area contributed by atoms with Gasteiger partial charge in [-0.15, -0.1) is 12.4 Å². The number of hydrogen-bond donors (Lipinski definition) is 2. The van der Waals surface area contributed by atoms with Crippen molar-refractivity contribution in [2.24, 2.45) is 5.73 Å². The predicted molar refractivity (Wildman–Crippen MR) is 79.5 cm³/mol. The summed E-state index contributed by atoms with van der Waals surface area (Å²) >= 11 is 0. The van der Waals surface area contributed by atoms with Crippen molar-refractivity contribution < 1.29 is 5.11 Å². The van der Waals surface area contributed by atoms with Gasteiger partial charge in [-0.3, -0.25) is 4.98 Å². The minimum Gasteiger partial charge on any atom is -0.394 e. The average molecular weight is 282 g/mol. The second kappa shape index (κ2) is 5.82. The molecule has 1 atom stereocenters. The fourth-order valence-electron chi connectivity index (χ4n) is 1.76. The first-order chi connectivity index (χ1) is 8.41. The molecule has 0 aliphatic heterocycles. The van der Waals surface area contributed by atoms with Crippen molar-refractivity contribution in [1.29, 1.82) is 0 Å². The first-order valence-electron chi connectivity index (χ1n) is 6.05. The van der Waals surface area contributed by atoms with Crippen molar-refractivity contribution in [2.45, 2.75) is 32.2 Å². The van der Waals surface area contributed by atoms with Gasteiger partial charge in [0.05, 0.1) is 35.6 Å². The Kier molecular flexibility index (Phi) is 4.85. The standard InChI is InChI=1S/C14H19N3O.ClH/c1-14(2,3)9-4-5-11-12(6-9)16-7-13(17-11)10(15)8-18;/h4-7,10,18H,8,15H2,1-3H3;1H/t10-;/m1./s1. The molecule has 0 aliphatic rings. The molecule has 3 N–H and O–H groups in total. The lowest BCUT2D eigenvalue weighted by Gasteiger charge is -2.19. The van der Waals surface area contributed by atoms with Crippen LogP contribution >= 0.6 is 12.4 Å². The van der Waals surface area contributed by atoms with E-state index in [0.717, 1.165) is 11.0 Å². The van der Waals surface area contributed by atoms with E-state index >= 15 is 0 Å². The minimum absolute atomic E-state index is 0. The monoisotopic (exact) mass is 281 g/mol. The van der Waals surface area contributed by atoms with E-state index in [2.05, 4.69) is 42.9 Å². The lowest BCUT2D eigenvalue weighted by Crippen LogP contribution is -2.16. The largest absolute Gasteiger partial charge is 0.394 e. The molecule has 104 valence electrons. The van der Waals surface area contributed by atoms with E-state index in [1.54, 1.807) is 6.20 Å². The summed E-state index contributed by atoms with van der Waals surface area (Å²) in [5.41, 5.74) is 9.34. The van der Waals surface area contributed by atoms with Gasteiger partial charge in [-0.05, 0) is 23.1 Å². The molecule has 4 nitrogen and oxygen atoms in total. The van der Waals surface area contributed by atoms with E-state index < -0.39 is 6.04 Å². The highest BCUT2D eigenvalue weighted by Crippen LogP contribution is 2.24. The number of hydrogen-bond acceptors (Lipinski definition) is 4. The fourth-order valence-corrected chi connectivity index (χ4v) is 1.76. The third-order valence-corrected chi connectivity index (χ3v) is 3.00. The van der Waals surface area contributed by atoms with E-state index in [1.165, 1.54) is 5.56 Å². The van der Waals surface area contributed by atoms with Gasteiger partial charge in [-0.2, -0.15) is 0 Å². The van der Waals surface area contributed by atoms with Crippen LogP contribution in [0, 0.1) is 0 Å². The number of benzene rings is 1. The summed E-state index contributed by atoms with van der Waals surface area (Å²) in [6.07, 6.45) is 1.63. The van der Waals surface area contributed by atoms with Gasteiger partial charge in [0.1, 0.15) is 0 Å². The van der Waals surface area contributed by atoms with Crippen LogP contribution in [0.25, 0.3) is 11.0 Å². The van der Waals surface area contributed by atoms with Crippen molar-refractivity contribution in [2.75, 3.05) is 6.61 Å². The van der Waals surface area contributed by atoms with E-state index in [9.17, 15) is 0 Å². The minimum atomic E-state index is -0.468.